The van der Waals surface area contributed by atoms with Gasteiger partial charge in [0.2, 0.25) is 0 Å². The number of nitrogen functional groups attached to an aromatic ring is 1. The molecule has 176 valence electrons. The topological polar surface area (TPSA) is 147 Å². The van der Waals surface area contributed by atoms with Crippen LogP contribution in [-0.2, 0) is 6.54 Å². The number of H-pyrrole nitrogens is 2. The number of anilines is 1. The lowest BCUT2D eigenvalue weighted by Gasteiger charge is -2.10. The number of nitrogens with zero attached hydrogens (tertiary/aromatic N) is 6. The molecule has 0 radical (unpaired) electrons. The Hall–Kier alpha value is -5.31. The van der Waals surface area contributed by atoms with Crippen LogP contribution in [0, 0.1) is 23.0 Å². The number of nitriles is 1. The van der Waals surface area contributed by atoms with Crippen molar-refractivity contribution in [3.8, 4) is 23.0 Å². The first-order valence-corrected chi connectivity index (χ1v) is 10.7. The van der Waals surface area contributed by atoms with E-state index < -0.39 is 17.3 Å². The molecule has 0 spiro atoms. The van der Waals surface area contributed by atoms with Crippen LogP contribution in [0.5, 0.6) is 0 Å². The van der Waals surface area contributed by atoms with Gasteiger partial charge in [-0.15, -0.1) is 5.10 Å². The normalized spacial score (nSPS) is 11.4. The molecule has 0 saturated carbocycles. The molecule has 0 bridgehead atoms. The molecule has 0 aliphatic rings. The zero-order chi connectivity index (χ0) is 25.0. The van der Waals surface area contributed by atoms with E-state index in [9.17, 15) is 13.6 Å². The Labute approximate surface area is 200 Å². The molecule has 6 aromatic rings. The highest BCUT2D eigenvalue weighted by atomic mass is 19.1. The van der Waals surface area contributed by atoms with E-state index in [4.69, 9.17) is 11.0 Å². The molecular weight excluding hydrogens is 468 g/mol. The summed E-state index contributed by atoms with van der Waals surface area (Å²) in [6.45, 7) is 0.127. The predicted octanol–water partition coefficient (Wildman–Crippen LogP) is 3.23. The number of hydrogen-bond acceptors (Lipinski definition) is 6. The van der Waals surface area contributed by atoms with E-state index in [1.54, 1.807) is 47.4 Å². The molecule has 0 amide bonds. The van der Waals surface area contributed by atoms with Crippen molar-refractivity contribution in [3.63, 3.8) is 0 Å². The average molecular weight is 483 g/mol. The standard InChI is InChI=1S/C24H15F2N9O/c25-16-5-12(9-27)1-2-13(16)11-34-19(3-4-30-34)14-6-20-22(29-10-14)23(28)33-35(20)15-7-17(26)21-18(8-15)31-24(36)32-21/h1-8,10H,11H2,(H2,28,33)(H2,31,32,36). The van der Waals surface area contributed by atoms with Gasteiger partial charge >= 0.3 is 5.69 Å². The lowest BCUT2D eigenvalue weighted by atomic mass is 10.1. The first-order valence-electron chi connectivity index (χ1n) is 10.7. The minimum absolute atomic E-state index is 0.0611. The van der Waals surface area contributed by atoms with Crippen LogP contribution in [0.25, 0.3) is 39.0 Å². The summed E-state index contributed by atoms with van der Waals surface area (Å²) < 4.78 is 32.2. The molecule has 0 aliphatic carbocycles. The molecule has 6 rings (SSSR count). The Morgan fingerprint density at radius 1 is 1.08 bits per heavy atom. The maximum absolute atomic E-state index is 14.7. The largest absolute Gasteiger partial charge is 0.380 e. The number of nitrogens with two attached hydrogens (primary N) is 1. The molecule has 10 nitrogen and oxygen atoms in total. The first-order chi connectivity index (χ1) is 17.4. The third-order valence-corrected chi connectivity index (χ3v) is 5.87. The number of fused-ring (bicyclic) bond motifs is 2. The number of nitrogens with one attached hydrogen (secondary N) is 2. The van der Waals surface area contributed by atoms with Gasteiger partial charge in [0.1, 0.15) is 16.9 Å². The molecule has 0 aliphatic heterocycles. The quantitative estimate of drug-likeness (QED) is 0.351. The van der Waals surface area contributed by atoms with E-state index in [0.717, 1.165) is 0 Å². The highest BCUT2D eigenvalue weighted by Gasteiger charge is 2.17. The van der Waals surface area contributed by atoms with Gasteiger partial charge in [-0.1, -0.05) is 6.07 Å². The molecule has 0 unspecified atom stereocenters. The summed E-state index contributed by atoms with van der Waals surface area (Å²) in [6.07, 6.45) is 3.18. The molecule has 4 heterocycles. The van der Waals surface area contributed by atoms with Crippen LogP contribution in [0.4, 0.5) is 14.6 Å². The van der Waals surface area contributed by atoms with Crippen LogP contribution >= 0.6 is 0 Å². The van der Waals surface area contributed by atoms with Gasteiger partial charge in [0.15, 0.2) is 11.6 Å². The molecular formula is C24H15F2N9O. The first kappa shape index (κ1) is 21.2. The third kappa shape index (κ3) is 3.38. The lowest BCUT2D eigenvalue weighted by molar-refractivity contribution is 0.586. The van der Waals surface area contributed by atoms with Crippen molar-refractivity contribution in [2.24, 2.45) is 0 Å². The Balaban J connectivity index is 1.45. The molecule has 4 aromatic heterocycles. The van der Waals surface area contributed by atoms with Crippen molar-refractivity contribution < 1.29 is 8.78 Å². The maximum Gasteiger partial charge on any atom is 0.323 e. The van der Waals surface area contributed by atoms with Crippen molar-refractivity contribution in [2.75, 3.05) is 5.73 Å². The minimum Gasteiger partial charge on any atom is -0.380 e. The monoisotopic (exact) mass is 483 g/mol. The van der Waals surface area contributed by atoms with E-state index in [-0.39, 0.29) is 29.0 Å². The van der Waals surface area contributed by atoms with Gasteiger partial charge in [0.05, 0.1) is 40.6 Å². The molecule has 0 saturated heterocycles. The maximum atomic E-state index is 14.7. The molecule has 4 N–H and O–H groups in total. The number of benzene rings is 2. The van der Waals surface area contributed by atoms with Gasteiger partial charge in [-0.3, -0.25) is 4.68 Å². The third-order valence-electron chi connectivity index (χ3n) is 5.87. The van der Waals surface area contributed by atoms with Crippen LogP contribution in [-0.4, -0.2) is 34.5 Å². The second-order valence-electron chi connectivity index (χ2n) is 8.11. The van der Waals surface area contributed by atoms with Gasteiger partial charge in [0.25, 0.3) is 0 Å². The number of halogens is 2. The van der Waals surface area contributed by atoms with E-state index in [0.29, 0.717) is 33.5 Å². The fraction of sp³-hybridized carbons (Fsp3) is 0.0417. The number of hydrogen-bond donors (Lipinski definition) is 3. The summed E-state index contributed by atoms with van der Waals surface area (Å²) in [5.41, 5.74) is 9.03. The van der Waals surface area contributed by atoms with Gasteiger partial charge in [-0.05, 0) is 30.3 Å². The zero-order valence-electron chi connectivity index (χ0n) is 18.3. The number of pyridine rings is 1. The second kappa shape index (κ2) is 7.88. The van der Waals surface area contributed by atoms with Crippen molar-refractivity contribution >= 4 is 27.9 Å². The van der Waals surface area contributed by atoms with Crippen molar-refractivity contribution in [2.45, 2.75) is 6.54 Å². The highest BCUT2D eigenvalue weighted by molar-refractivity contribution is 5.90. The average Bonchev–Trinajstić information content (AvgIpc) is 3.57. The summed E-state index contributed by atoms with van der Waals surface area (Å²) in [5.74, 6) is -0.988. The van der Waals surface area contributed by atoms with E-state index >= 15 is 0 Å². The number of imidazole rings is 1. The van der Waals surface area contributed by atoms with Crippen LogP contribution < -0.4 is 11.4 Å². The zero-order valence-corrected chi connectivity index (χ0v) is 18.3. The molecule has 12 heteroatoms. The van der Waals surface area contributed by atoms with Crippen LogP contribution in [0.15, 0.2) is 59.7 Å². The van der Waals surface area contributed by atoms with Crippen molar-refractivity contribution in [1.82, 2.24) is 34.5 Å². The Kier molecular flexibility index (Phi) is 4.65. The number of aromatic amines is 2. The minimum atomic E-state index is -0.630. The van der Waals surface area contributed by atoms with Gasteiger partial charge in [0, 0.05) is 29.6 Å². The van der Waals surface area contributed by atoms with E-state index in [1.807, 2.05) is 6.07 Å². The van der Waals surface area contributed by atoms with Crippen LogP contribution in [0.1, 0.15) is 11.1 Å². The predicted molar refractivity (Wildman–Crippen MR) is 127 cm³/mol. The Bertz CT molecular complexity index is 1900. The molecule has 0 fully saturated rings. The second-order valence-corrected chi connectivity index (χ2v) is 8.11. The van der Waals surface area contributed by atoms with E-state index in [2.05, 4.69) is 25.1 Å². The van der Waals surface area contributed by atoms with Crippen LogP contribution in [0.3, 0.4) is 0 Å². The van der Waals surface area contributed by atoms with Crippen molar-refractivity contribution in [3.05, 3.63) is 88.1 Å². The fourth-order valence-electron chi connectivity index (χ4n) is 4.18. The van der Waals surface area contributed by atoms with Crippen molar-refractivity contribution in [1.29, 1.82) is 5.26 Å². The summed E-state index contributed by atoms with van der Waals surface area (Å²) in [6, 6.07) is 12.5. The number of aromatic nitrogens is 7. The van der Waals surface area contributed by atoms with Gasteiger partial charge < -0.3 is 15.7 Å². The molecule has 2 aromatic carbocycles. The summed E-state index contributed by atoms with van der Waals surface area (Å²) in [5, 5.41) is 17.6. The van der Waals surface area contributed by atoms with Gasteiger partial charge in [-0.2, -0.15) is 10.4 Å². The molecule has 36 heavy (non-hydrogen) atoms. The highest BCUT2D eigenvalue weighted by Crippen LogP contribution is 2.29. The summed E-state index contributed by atoms with van der Waals surface area (Å²) in [7, 11) is 0. The Morgan fingerprint density at radius 2 is 1.94 bits per heavy atom. The summed E-state index contributed by atoms with van der Waals surface area (Å²) >= 11 is 0. The molecule has 0 atom stereocenters. The van der Waals surface area contributed by atoms with Gasteiger partial charge in [-0.25, -0.2) is 23.2 Å². The number of rotatable bonds is 4. The smallest absolute Gasteiger partial charge is 0.323 e. The fourth-order valence-corrected chi connectivity index (χ4v) is 4.18. The van der Waals surface area contributed by atoms with Crippen LogP contribution in [0.2, 0.25) is 0 Å². The SMILES string of the molecule is N#Cc1ccc(Cn2nccc2-c2cnc3c(N)nn(-c4cc(F)c5[nH]c(=O)[nH]c5c4)c3c2)c(F)c1. The Morgan fingerprint density at radius 3 is 2.75 bits per heavy atom. The summed E-state index contributed by atoms with van der Waals surface area (Å²) in [4.78, 5) is 21.0. The van der Waals surface area contributed by atoms with E-state index in [1.165, 1.54) is 16.8 Å². The lowest BCUT2D eigenvalue weighted by Crippen LogP contribution is -2.06.